The number of aromatic hydroxyl groups is 1. The fraction of sp³-hybridized carbons (Fsp3) is 0.444. The van der Waals surface area contributed by atoms with Gasteiger partial charge in [-0.2, -0.15) is 0 Å². The van der Waals surface area contributed by atoms with Crippen molar-refractivity contribution in [1.82, 2.24) is 0 Å². The lowest BCUT2D eigenvalue weighted by Crippen LogP contribution is -2.02. The van der Waals surface area contributed by atoms with Crippen molar-refractivity contribution < 1.29 is 24.1 Å². The Morgan fingerprint density at radius 1 is 0.696 bits per heavy atom. The van der Waals surface area contributed by atoms with Crippen LogP contribution in [0.4, 0.5) is 0 Å². The maximum atomic E-state index is 10.4. The van der Waals surface area contributed by atoms with Gasteiger partial charge in [0.15, 0.2) is 11.5 Å². The zero-order valence-corrected chi connectivity index (χ0v) is 14.1. The van der Waals surface area contributed by atoms with Crippen LogP contribution in [0.25, 0.3) is 10.8 Å². The van der Waals surface area contributed by atoms with Crippen LogP contribution in [0.2, 0.25) is 0 Å². The van der Waals surface area contributed by atoms with E-state index in [2.05, 4.69) is 0 Å². The predicted molar refractivity (Wildman–Crippen MR) is 90.3 cm³/mol. The minimum absolute atomic E-state index is 0.0254. The van der Waals surface area contributed by atoms with E-state index in [0.29, 0.717) is 54.8 Å². The molecule has 0 fully saturated rings. The van der Waals surface area contributed by atoms with Gasteiger partial charge < -0.3 is 24.1 Å². The van der Waals surface area contributed by atoms with E-state index in [9.17, 15) is 5.11 Å². The Hall–Kier alpha value is -2.30. The molecule has 0 saturated carbocycles. The lowest BCUT2D eigenvalue weighted by molar-refractivity contribution is 0.308. The van der Waals surface area contributed by atoms with Crippen molar-refractivity contribution in [2.24, 2.45) is 0 Å². The van der Waals surface area contributed by atoms with E-state index in [-0.39, 0.29) is 5.75 Å². The highest BCUT2D eigenvalue weighted by Crippen LogP contribution is 2.49. The number of phenolic OH excluding ortho intramolecular Hbond substituents is 1. The molecule has 2 rings (SSSR count). The van der Waals surface area contributed by atoms with Gasteiger partial charge in [0.05, 0.1) is 37.2 Å². The number of rotatable bonds is 8. The van der Waals surface area contributed by atoms with Gasteiger partial charge in [0, 0.05) is 6.07 Å². The van der Waals surface area contributed by atoms with E-state index in [1.165, 1.54) is 0 Å². The number of ether oxygens (including phenoxy) is 4. The minimum atomic E-state index is 0.0254. The Bertz CT molecular complexity index is 666. The molecule has 5 heteroatoms. The zero-order valence-electron chi connectivity index (χ0n) is 14.1. The van der Waals surface area contributed by atoms with Gasteiger partial charge in [-0.3, -0.25) is 0 Å². The van der Waals surface area contributed by atoms with E-state index < -0.39 is 0 Å². The molecule has 0 bridgehead atoms. The Kier molecular flexibility index (Phi) is 5.79. The monoisotopic (exact) mass is 320 g/mol. The van der Waals surface area contributed by atoms with Gasteiger partial charge >= 0.3 is 0 Å². The van der Waals surface area contributed by atoms with E-state index in [1.807, 2.05) is 39.8 Å². The van der Waals surface area contributed by atoms with Crippen molar-refractivity contribution in [3.05, 3.63) is 18.2 Å². The molecular formula is C18H24O5. The molecule has 0 radical (unpaired) electrons. The molecule has 1 N–H and O–H groups in total. The van der Waals surface area contributed by atoms with Crippen molar-refractivity contribution in [3.63, 3.8) is 0 Å². The molecule has 0 aliphatic rings. The van der Waals surface area contributed by atoms with Crippen molar-refractivity contribution in [3.8, 4) is 28.7 Å². The first-order valence-electron chi connectivity index (χ1n) is 8.01. The summed E-state index contributed by atoms with van der Waals surface area (Å²) in [5, 5.41) is 11.8. The zero-order chi connectivity index (χ0) is 16.8. The molecule has 0 aliphatic carbocycles. The molecule has 0 spiro atoms. The number of fused-ring (bicyclic) bond motifs is 1. The number of phenols is 1. The van der Waals surface area contributed by atoms with E-state index in [1.54, 1.807) is 6.07 Å². The molecule has 2 aromatic carbocycles. The summed E-state index contributed by atoms with van der Waals surface area (Å²) in [5.74, 6) is 2.27. The summed E-state index contributed by atoms with van der Waals surface area (Å²) in [4.78, 5) is 0. The van der Waals surface area contributed by atoms with Crippen molar-refractivity contribution in [1.29, 1.82) is 0 Å². The van der Waals surface area contributed by atoms with E-state index >= 15 is 0 Å². The topological polar surface area (TPSA) is 57.2 Å². The van der Waals surface area contributed by atoms with Crippen LogP contribution in [-0.4, -0.2) is 31.5 Å². The standard InChI is InChI=1S/C18H24O5/c1-5-20-13-9-10-14(21-6-2)17-16(13)15(22-7-3)11-12(19)18(17)23-8-4/h9-11,19H,5-8H2,1-4H3. The lowest BCUT2D eigenvalue weighted by atomic mass is 10.1. The summed E-state index contributed by atoms with van der Waals surface area (Å²) in [5.41, 5.74) is 0. The maximum Gasteiger partial charge on any atom is 0.172 e. The van der Waals surface area contributed by atoms with Crippen LogP contribution < -0.4 is 18.9 Å². The van der Waals surface area contributed by atoms with E-state index in [4.69, 9.17) is 18.9 Å². The summed E-state index contributed by atoms with van der Waals surface area (Å²) in [6.45, 7) is 9.55. The fourth-order valence-electron chi connectivity index (χ4n) is 2.54. The van der Waals surface area contributed by atoms with Crippen molar-refractivity contribution in [2.75, 3.05) is 26.4 Å². The molecule has 0 saturated heterocycles. The number of hydrogen-bond acceptors (Lipinski definition) is 5. The van der Waals surface area contributed by atoms with Gasteiger partial charge in [0.25, 0.3) is 0 Å². The summed E-state index contributed by atoms with van der Waals surface area (Å²) < 4.78 is 22.8. The highest BCUT2D eigenvalue weighted by Gasteiger charge is 2.21. The van der Waals surface area contributed by atoms with Gasteiger partial charge in [-0.05, 0) is 39.8 Å². The van der Waals surface area contributed by atoms with Gasteiger partial charge in [0.2, 0.25) is 0 Å². The third kappa shape index (κ3) is 3.38. The first-order chi connectivity index (χ1) is 11.2. The number of hydrogen-bond donors (Lipinski definition) is 1. The third-order valence-electron chi connectivity index (χ3n) is 3.29. The van der Waals surface area contributed by atoms with Crippen LogP contribution in [0.15, 0.2) is 18.2 Å². The highest BCUT2D eigenvalue weighted by molar-refractivity contribution is 6.03. The number of benzene rings is 2. The summed E-state index contributed by atoms with van der Waals surface area (Å²) in [7, 11) is 0. The second kappa shape index (κ2) is 7.81. The largest absolute Gasteiger partial charge is 0.504 e. The quantitative estimate of drug-likeness (QED) is 0.792. The maximum absolute atomic E-state index is 10.4. The van der Waals surface area contributed by atoms with Crippen LogP contribution in [0, 0.1) is 0 Å². The van der Waals surface area contributed by atoms with Crippen LogP contribution in [-0.2, 0) is 0 Å². The first-order valence-corrected chi connectivity index (χ1v) is 8.01. The lowest BCUT2D eigenvalue weighted by Gasteiger charge is -2.19. The minimum Gasteiger partial charge on any atom is -0.504 e. The fourth-order valence-corrected chi connectivity index (χ4v) is 2.54. The first kappa shape index (κ1) is 17.1. The van der Waals surface area contributed by atoms with Gasteiger partial charge in [-0.25, -0.2) is 0 Å². The van der Waals surface area contributed by atoms with Crippen LogP contribution in [0.3, 0.4) is 0 Å². The normalized spacial score (nSPS) is 10.6. The molecule has 23 heavy (non-hydrogen) atoms. The van der Waals surface area contributed by atoms with Crippen molar-refractivity contribution >= 4 is 10.8 Å². The van der Waals surface area contributed by atoms with Crippen LogP contribution >= 0.6 is 0 Å². The summed E-state index contributed by atoms with van der Waals surface area (Å²) in [6.07, 6.45) is 0. The molecule has 0 aromatic heterocycles. The predicted octanol–water partition coefficient (Wildman–Crippen LogP) is 4.14. The summed E-state index contributed by atoms with van der Waals surface area (Å²) >= 11 is 0. The Morgan fingerprint density at radius 2 is 1.17 bits per heavy atom. The van der Waals surface area contributed by atoms with Gasteiger partial charge in [-0.1, -0.05) is 0 Å². The molecular weight excluding hydrogens is 296 g/mol. The SMILES string of the molecule is CCOc1ccc(OCC)c2c(OCC)c(O)cc(OCC)c12. The van der Waals surface area contributed by atoms with E-state index in [0.717, 1.165) is 5.39 Å². The molecule has 126 valence electrons. The average molecular weight is 320 g/mol. The Morgan fingerprint density at radius 3 is 1.70 bits per heavy atom. The second-order valence-corrected chi connectivity index (χ2v) is 4.77. The average Bonchev–Trinajstić information content (AvgIpc) is 2.53. The summed E-state index contributed by atoms with van der Waals surface area (Å²) in [6, 6.07) is 5.25. The smallest absolute Gasteiger partial charge is 0.172 e. The van der Waals surface area contributed by atoms with Crippen LogP contribution in [0.1, 0.15) is 27.7 Å². The molecule has 2 aromatic rings. The molecule has 0 heterocycles. The molecule has 0 amide bonds. The molecule has 0 unspecified atom stereocenters. The molecule has 0 aliphatic heterocycles. The third-order valence-corrected chi connectivity index (χ3v) is 3.29. The Balaban J connectivity index is 2.85. The Labute approximate surface area is 136 Å². The molecule has 5 nitrogen and oxygen atoms in total. The molecule has 0 atom stereocenters. The van der Waals surface area contributed by atoms with Gasteiger partial charge in [0.1, 0.15) is 17.2 Å². The van der Waals surface area contributed by atoms with Gasteiger partial charge in [-0.15, -0.1) is 0 Å². The van der Waals surface area contributed by atoms with Crippen molar-refractivity contribution in [2.45, 2.75) is 27.7 Å². The van der Waals surface area contributed by atoms with Crippen LogP contribution in [0.5, 0.6) is 28.7 Å². The second-order valence-electron chi connectivity index (χ2n) is 4.77. The highest BCUT2D eigenvalue weighted by atomic mass is 16.5.